The Hall–Kier alpha value is -2.41. The zero-order valence-corrected chi connectivity index (χ0v) is 19.3. The summed E-state index contributed by atoms with van der Waals surface area (Å²) in [6, 6.07) is 31.0. The lowest BCUT2D eigenvalue weighted by atomic mass is 9.97. The molecule has 0 atom stereocenters. The molecule has 0 bridgehead atoms. The Morgan fingerprint density at radius 3 is 2.27 bits per heavy atom. The Bertz CT molecular complexity index is 1570. The number of hydrogen-bond donors (Lipinski definition) is 0. The number of rotatable bonds is 2. The summed E-state index contributed by atoms with van der Waals surface area (Å²) in [7, 11) is 0. The first-order chi connectivity index (χ1) is 14.7. The summed E-state index contributed by atoms with van der Waals surface area (Å²) in [6.45, 7) is 2.26. The lowest BCUT2D eigenvalue weighted by Gasteiger charge is -2.08. The Balaban J connectivity index is 1.65. The van der Waals surface area contributed by atoms with Gasteiger partial charge < -0.3 is 0 Å². The third kappa shape index (κ3) is 2.86. The fraction of sp³-hybridized carbons (Fsp3) is 0.0370. The average molecular weight is 433 g/mol. The second kappa shape index (κ2) is 7.08. The van der Waals surface area contributed by atoms with Gasteiger partial charge >= 0.3 is 0 Å². The maximum atomic E-state index is 2.80. The smallest absolute Gasteiger partial charge is 0.140 e. The largest absolute Gasteiger partial charge is 0.175 e. The maximum absolute atomic E-state index is 2.80. The highest BCUT2D eigenvalue weighted by Crippen LogP contribution is 2.46. The molecule has 6 aromatic rings. The molecule has 0 spiro atoms. The summed E-state index contributed by atoms with van der Waals surface area (Å²) < 4.78 is 5.35. The molecule has 0 N–H and O–H groups in total. The van der Waals surface area contributed by atoms with Gasteiger partial charge in [-0.15, -0.1) is 27.1 Å². The van der Waals surface area contributed by atoms with E-state index in [9.17, 15) is 0 Å². The van der Waals surface area contributed by atoms with Crippen molar-refractivity contribution in [2.45, 2.75) is 6.92 Å². The van der Waals surface area contributed by atoms with Crippen molar-refractivity contribution in [3.05, 3.63) is 89.8 Å². The fourth-order valence-electron chi connectivity index (χ4n) is 4.40. The summed E-state index contributed by atoms with van der Waals surface area (Å²) >= 11 is 6.63. The number of benzene rings is 4. The van der Waals surface area contributed by atoms with Crippen molar-refractivity contribution in [1.29, 1.82) is 0 Å². The molecule has 30 heavy (non-hydrogen) atoms. The van der Waals surface area contributed by atoms with E-state index in [0.717, 1.165) is 0 Å². The molecule has 0 nitrogen and oxygen atoms in total. The molecule has 2 aromatic heterocycles. The Morgan fingerprint density at radius 1 is 0.633 bits per heavy atom. The highest BCUT2D eigenvalue weighted by Gasteiger charge is 2.17. The van der Waals surface area contributed by atoms with Gasteiger partial charge in [0.25, 0.3) is 0 Å². The second-order valence-corrected chi connectivity index (χ2v) is 10.6. The molecule has 140 valence electrons. The van der Waals surface area contributed by atoms with Gasteiger partial charge in [-0.2, -0.15) is 0 Å². The lowest BCUT2D eigenvalue weighted by molar-refractivity contribution is 1.59. The maximum Gasteiger partial charge on any atom is 0.175 e. The van der Waals surface area contributed by atoms with E-state index in [0.29, 0.717) is 0 Å². The Kier molecular flexibility index (Phi) is 4.34. The van der Waals surface area contributed by atoms with E-state index in [1.165, 1.54) is 61.8 Å². The van der Waals surface area contributed by atoms with Gasteiger partial charge in [-0.05, 0) is 41.8 Å². The summed E-state index contributed by atoms with van der Waals surface area (Å²) in [5.74, 6) is 0. The average Bonchev–Trinajstić information content (AvgIpc) is 3.30. The minimum Gasteiger partial charge on any atom is -0.140 e. The van der Waals surface area contributed by atoms with Crippen LogP contribution in [-0.2, 0) is 0 Å². The van der Waals surface area contributed by atoms with Gasteiger partial charge in [0.1, 0.15) is 0 Å². The number of fused-ring (bicyclic) bond motifs is 5. The lowest BCUT2D eigenvalue weighted by Crippen LogP contribution is -2.00. The van der Waals surface area contributed by atoms with Crippen molar-refractivity contribution in [3.63, 3.8) is 0 Å². The first kappa shape index (κ1) is 18.4. The Labute approximate surface area is 191 Å². The highest BCUT2D eigenvalue weighted by molar-refractivity contribution is 7.28. The minimum atomic E-state index is 1.21. The number of aryl methyl sites for hydroxylation is 1. The summed E-state index contributed by atoms with van der Waals surface area (Å²) in [5.41, 5.74) is 5.21. The fourth-order valence-corrected chi connectivity index (χ4v) is 7.11. The van der Waals surface area contributed by atoms with Crippen LogP contribution in [0.3, 0.4) is 0 Å². The van der Waals surface area contributed by atoms with Crippen molar-refractivity contribution in [2.75, 3.05) is 0 Å². The van der Waals surface area contributed by atoms with Gasteiger partial charge in [-0.1, -0.05) is 66.7 Å². The predicted octanol–water partition coefficient (Wildman–Crippen LogP) is 7.71. The van der Waals surface area contributed by atoms with E-state index in [2.05, 4.69) is 108 Å². The molecule has 0 aliphatic heterocycles. The van der Waals surface area contributed by atoms with Crippen molar-refractivity contribution >= 4 is 73.6 Å². The molecule has 6 rings (SSSR count). The van der Waals surface area contributed by atoms with Gasteiger partial charge in [0.15, 0.2) is 16.3 Å². The van der Waals surface area contributed by atoms with Crippen LogP contribution >= 0.6 is 22.7 Å². The Morgan fingerprint density at radius 2 is 1.40 bits per heavy atom. The van der Waals surface area contributed by atoms with E-state index < -0.39 is 0 Å². The van der Waals surface area contributed by atoms with Gasteiger partial charge in [0, 0.05) is 40.7 Å². The first-order valence-corrected chi connectivity index (χ1v) is 12.2. The molecule has 0 aliphatic carbocycles. The number of hydrogen-bond acceptors (Lipinski definition) is 2. The van der Waals surface area contributed by atoms with E-state index in [4.69, 9.17) is 0 Å². The van der Waals surface area contributed by atoms with Crippen LogP contribution in [-0.4, -0.2) is 16.3 Å². The van der Waals surface area contributed by atoms with Crippen molar-refractivity contribution in [1.82, 2.24) is 0 Å². The normalized spacial score (nSPS) is 11.6. The van der Waals surface area contributed by atoms with Gasteiger partial charge in [-0.25, -0.2) is 0 Å². The molecule has 2 radical (unpaired) electrons. The molecule has 0 saturated heterocycles. The molecule has 0 fully saturated rings. The van der Waals surface area contributed by atoms with Gasteiger partial charge in [0.2, 0.25) is 0 Å². The molecular weight excluding hydrogens is 415 g/mol. The molecular formula is C27H17AlS2. The monoisotopic (exact) mass is 432 g/mol. The zero-order valence-electron chi connectivity index (χ0n) is 16.5. The minimum absolute atomic E-state index is 1.21. The van der Waals surface area contributed by atoms with Crippen LogP contribution in [0.15, 0.2) is 84.9 Å². The first-order valence-electron chi connectivity index (χ1n) is 9.99. The van der Waals surface area contributed by atoms with Crippen LogP contribution in [0.2, 0.25) is 0 Å². The van der Waals surface area contributed by atoms with Crippen LogP contribution < -0.4 is 4.43 Å². The van der Waals surface area contributed by atoms with Gasteiger partial charge in [-0.3, -0.25) is 0 Å². The molecule has 0 amide bonds. The van der Waals surface area contributed by atoms with Crippen LogP contribution in [0.1, 0.15) is 4.88 Å². The van der Waals surface area contributed by atoms with E-state index >= 15 is 0 Å². The van der Waals surface area contributed by atoms with E-state index in [-0.39, 0.29) is 0 Å². The summed E-state index contributed by atoms with van der Waals surface area (Å²) in [6.07, 6.45) is 0. The van der Waals surface area contributed by atoms with E-state index in [1.54, 1.807) is 0 Å². The SMILES string of the molecule is Cc1sc2ccc3c4ccccc4sc3c2c1-c1cccc(-c2ccc[c]([Al])c2)c1. The van der Waals surface area contributed by atoms with Gasteiger partial charge in [0.05, 0.1) is 0 Å². The van der Waals surface area contributed by atoms with Crippen LogP contribution in [0, 0.1) is 6.92 Å². The second-order valence-electron chi connectivity index (χ2n) is 7.65. The molecule has 0 unspecified atom stereocenters. The molecule has 0 saturated carbocycles. The van der Waals surface area contributed by atoms with E-state index in [1.807, 2.05) is 22.7 Å². The third-order valence-corrected chi connectivity index (χ3v) is 8.38. The van der Waals surface area contributed by atoms with Crippen LogP contribution in [0.5, 0.6) is 0 Å². The highest BCUT2D eigenvalue weighted by atomic mass is 32.1. The molecule has 0 aliphatic rings. The topological polar surface area (TPSA) is 0 Å². The third-order valence-electron chi connectivity index (χ3n) is 5.75. The number of thiophene rings is 2. The summed E-state index contributed by atoms with van der Waals surface area (Å²) in [4.78, 5) is 1.38. The van der Waals surface area contributed by atoms with Crippen LogP contribution in [0.25, 0.3) is 52.5 Å². The van der Waals surface area contributed by atoms with Crippen molar-refractivity contribution in [2.24, 2.45) is 0 Å². The summed E-state index contributed by atoms with van der Waals surface area (Å²) in [5, 5.41) is 4.14. The van der Waals surface area contributed by atoms with Crippen LogP contribution in [0.4, 0.5) is 0 Å². The molecule has 4 aromatic carbocycles. The standard InChI is InChI=1S/C27H17S2.Al/c1-17-25(20-11-7-10-19(16-20)18-8-3-2-4-9-18)26-24(28-17)15-14-22-21-12-5-6-13-23(21)29-27(22)26;/h2-3,5-16H,1H3;. The molecule has 3 heteroatoms. The quantitative estimate of drug-likeness (QED) is 0.246. The molecule has 2 heterocycles. The van der Waals surface area contributed by atoms with Crippen molar-refractivity contribution < 1.29 is 0 Å². The van der Waals surface area contributed by atoms with Crippen molar-refractivity contribution in [3.8, 4) is 22.3 Å². The predicted molar refractivity (Wildman–Crippen MR) is 136 cm³/mol. The zero-order chi connectivity index (χ0) is 20.2.